The van der Waals surface area contributed by atoms with Crippen molar-refractivity contribution in [2.45, 2.75) is 44.6 Å². The van der Waals surface area contributed by atoms with E-state index in [1.54, 1.807) is 16.2 Å². The molecule has 0 amide bonds. The highest BCUT2D eigenvalue weighted by Gasteiger charge is 2.26. The molecule has 0 aliphatic heterocycles. The highest BCUT2D eigenvalue weighted by molar-refractivity contribution is 7.10. The summed E-state index contributed by atoms with van der Waals surface area (Å²) in [6.07, 6.45) is 4.66. The summed E-state index contributed by atoms with van der Waals surface area (Å²) in [5.74, 6) is 0.530. The van der Waals surface area contributed by atoms with Crippen LogP contribution in [-0.4, -0.2) is 11.0 Å². The van der Waals surface area contributed by atoms with Gasteiger partial charge in [0.2, 0.25) is 0 Å². The van der Waals surface area contributed by atoms with E-state index >= 15 is 0 Å². The Morgan fingerprint density at radius 1 is 1.50 bits per heavy atom. The molecular formula is C14H18N2S2. The van der Waals surface area contributed by atoms with E-state index in [0.717, 1.165) is 17.1 Å². The second-order valence-corrected chi connectivity index (χ2v) is 7.09. The maximum Gasteiger partial charge on any atom is 0.0897 e. The Labute approximate surface area is 116 Å². The number of fused-ring (bicyclic) bond motifs is 1. The monoisotopic (exact) mass is 278 g/mol. The van der Waals surface area contributed by atoms with Gasteiger partial charge in [-0.15, -0.1) is 22.7 Å². The fourth-order valence-electron chi connectivity index (χ4n) is 2.85. The van der Waals surface area contributed by atoms with E-state index in [2.05, 4.69) is 28.7 Å². The average molecular weight is 278 g/mol. The summed E-state index contributed by atoms with van der Waals surface area (Å²) in [5.41, 5.74) is 9.10. The summed E-state index contributed by atoms with van der Waals surface area (Å²) in [6, 6.07) is 2.48. The molecule has 0 aromatic carbocycles. The molecule has 1 aliphatic carbocycles. The molecule has 2 aromatic heterocycles. The lowest BCUT2D eigenvalue weighted by Gasteiger charge is -2.27. The van der Waals surface area contributed by atoms with Gasteiger partial charge in [-0.1, -0.05) is 0 Å². The van der Waals surface area contributed by atoms with Crippen LogP contribution < -0.4 is 5.73 Å². The van der Waals surface area contributed by atoms with Crippen LogP contribution in [0.4, 0.5) is 0 Å². The molecule has 0 spiro atoms. The Morgan fingerprint density at radius 3 is 3.17 bits per heavy atom. The first-order chi connectivity index (χ1) is 8.74. The zero-order chi connectivity index (χ0) is 12.5. The van der Waals surface area contributed by atoms with Crippen LogP contribution >= 0.6 is 22.7 Å². The van der Waals surface area contributed by atoms with Gasteiger partial charge in [0, 0.05) is 28.6 Å². The number of nitrogens with zero attached hydrogens (tertiary/aromatic N) is 1. The lowest BCUT2D eigenvalue weighted by Crippen LogP contribution is -2.32. The van der Waals surface area contributed by atoms with E-state index in [4.69, 9.17) is 5.73 Å². The minimum absolute atomic E-state index is 0.208. The van der Waals surface area contributed by atoms with Gasteiger partial charge < -0.3 is 5.73 Å². The summed E-state index contributed by atoms with van der Waals surface area (Å²) in [6.45, 7) is 2.05. The van der Waals surface area contributed by atoms with Crippen molar-refractivity contribution in [1.29, 1.82) is 0 Å². The first-order valence-electron chi connectivity index (χ1n) is 6.47. The number of rotatable bonds is 3. The summed E-state index contributed by atoms with van der Waals surface area (Å²) < 4.78 is 0. The molecule has 18 heavy (non-hydrogen) atoms. The lowest BCUT2D eigenvalue weighted by atomic mass is 9.81. The molecule has 0 radical (unpaired) electrons. The number of nitrogens with two attached hydrogens (primary N) is 1. The van der Waals surface area contributed by atoms with Gasteiger partial charge in [-0.3, -0.25) is 0 Å². The minimum Gasteiger partial charge on any atom is -0.327 e. The van der Waals surface area contributed by atoms with Crippen molar-refractivity contribution in [2.24, 2.45) is 5.73 Å². The Morgan fingerprint density at radius 2 is 2.39 bits per heavy atom. The second kappa shape index (κ2) is 5.11. The van der Waals surface area contributed by atoms with E-state index in [1.807, 2.05) is 11.3 Å². The van der Waals surface area contributed by atoms with Crippen molar-refractivity contribution in [3.05, 3.63) is 38.0 Å². The molecule has 0 saturated heterocycles. The van der Waals surface area contributed by atoms with Crippen molar-refractivity contribution in [1.82, 2.24) is 4.98 Å². The van der Waals surface area contributed by atoms with Crippen LogP contribution in [-0.2, 0) is 12.8 Å². The predicted molar refractivity (Wildman–Crippen MR) is 78.5 cm³/mol. The molecular weight excluding hydrogens is 260 g/mol. The number of hydrogen-bond acceptors (Lipinski definition) is 4. The highest BCUT2D eigenvalue weighted by Crippen LogP contribution is 2.37. The van der Waals surface area contributed by atoms with Crippen LogP contribution in [0.25, 0.3) is 0 Å². The zero-order valence-electron chi connectivity index (χ0n) is 10.6. The molecule has 0 fully saturated rings. The molecule has 4 heteroatoms. The molecule has 3 rings (SSSR count). The van der Waals surface area contributed by atoms with Crippen molar-refractivity contribution in [3.8, 4) is 0 Å². The Balaban J connectivity index is 1.76. The van der Waals surface area contributed by atoms with Gasteiger partial charge in [-0.05, 0) is 43.2 Å². The Hall–Kier alpha value is -0.710. The summed E-state index contributed by atoms with van der Waals surface area (Å²) >= 11 is 3.60. The SMILES string of the molecule is Cc1nc(CC(N)C2CCCc3sccc32)cs1. The first-order valence-corrected chi connectivity index (χ1v) is 8.23. The Kier molecular flexibility index (Phi) is 3.50. The molecule has 2 unspecified atom stereocenters. The van der Waals surface area contributed by atoms with Gasteiger partial charge in [-0.2, -0.15) is 0 Å². The third-order valence-corrected chi connectivity index (χ3v) is 5.55. The van der Waals surface area contributed by atoms with Crippen LogP contribution in [0.15, 0.2) is 16.8 Å². The van der Waals surface area contributed by atoms with E-state index in [0.29, 0.717) is 5.92 Å². The molecule has 96 valence electrons. The normalized spacial score (nSPS) is 20.7. The van der Waals surface area contributed by atoms with Crippen LogP contribution in [0, 0.1) is 6.92 Å². The van der Waals surface area contributed by atoms with Gasteiger partial charge in [-0.25, -0.2) is 4.98 Å². The fraction of sp³-hybridized carbons (Fsp3) is 0.500. The van der Waals surface area contributed by atoms with Gasteiger partial charge in [0.1, 0.15) is 0 Å². The third kappa shape index (κ3) is 2.37. The molecule has 1 aliphatic rings. The molecule has 0 saturated carbocycles. The van der Waals surface area contributed by atoms with Crippen LogP contribution in [0.3, 0.4) is 0 Å². The Bertz CT molecular complexity index is 529. The lowest BCUT2D eigenvalue weighted by molar-refractivity contribution is 0.461. The number of thiophene rings is 1. The molecule has 2 N–H and O–H groups in total. The number of aryl methyl sites for hydroxylation is 2. The summed E-state index contributed by atoms with van der Waals surface area (Å²) in [5, 5.41) is 5.49. The van der Waals surface area contributed by atoms with Crippen LogP contribution in [0.5, 0.6) is 0 Å². The maximum absolute atomic E-state index is 6.43. The maximum atomic E-state index is 6.43. The van der Waals surface area contributed by atoms with Crippen molar-refractivity contribution in [3.63, 3.8) is 0 Å². The van der Waals surface area contributed by atoms with Gasteiger partial charge >= 0.3 is 0 Å². The van der Waals surface area contributed by atoms with E-state index in [1.165, 1.54) is 24.8 Å². The number of aromatic nitrogens is 1. The van der Waals surface area contributed by atoms with E-state index in [-0.39, 0.29) is 6.04 Å². The number of hydrogen-bond donors (Lipinski definition) is 1. The van der Waals surface area contributed by atoms with Crippen LogP contribution in [0.1, 0.15) is 39.9 Å². The molecule has 2 aromatic rings. The zero-order valence-corrected chi connectivity index (χ0v) is 12.2. The van der Waals surface area contributed by atoms with Crippen molar-refractivity contribution >= 4 is 22.7 Å². The van der Waals surface area contributed by atoms with Gasteiger partial charge in [0.25, 0.3) is 0 Å². The molecule has 2 heterocycles. The van der Waals surface area contributed by atoms with Crippen LogP contribution in [0.2, 0.25) is 0 Å². The van der Waals surface area contributed by atoms with Gasteiger partial charge in [0.15, 0.2) is 0 Å². The van der Waals surface area contributed by atoms with E-state index < -0.39 is 0 Å². The smallest absolute Gasteiger partial charge is 0.0897 e. The highest BCUT2D eigenvalue weighted by atomic mass is 32.1. The molecule has 2 atom stereocenters. The molecule has 2 nitrogen and oxygen atoms in total. The van der Waals surface area contributed by atoms with Crippen molar-refractivity contribution < 1.29 is 0 Å². The summed E-state index contributed by atoms with van der Waals surface area (Å²) in [7, 11) is 0. The average Bonchev–Trinajstić information content (AvgIpc) is 2.97. The standard InChI is InChI=1S/C14H18N2S2/c1-9-16-10(8-18-9)7-13(15)11-3-2-4-14-12(11)5-6-17-14/h5-6,8,11,13H,2-4,7,15H2,1H3. The largest absolute Gasteiger partial charge is 0.327 e. The predicted octanol–water partition coefficient (Wildman–Crippen LogP) is 3.50. The quantitative estimate of drug-likeness (QED) is 0.933. The minimum atomic E-state index is 0.208. The third-order valence-electron chi connectivity index (χ3n) is 3.73. The topological polar surface area (TPSA) is 38.9 Å². The second-order valence-electron chi connectivity index (χ2n) is 5.02. The van der Waals surface area contributed by atoms with Gasteiger partial charge in [0.05, 0.1) is 10.7 Å². The van der Waals surface area contributed by atoms with Crippen molar-refractivity contribution in [2.75, 3.05) is 0 Å². The number of thiazole rings is 1. The van der Waals surface area contributed by atoms with E-state index in [9.17, 15) is 0 Å². The first kappa shape index (κ1) is 12.3. The fourth-order valence-corrected chi connectivity index (χ4v) is 4.47. The molecule has 0 bridgehead atoms. The summed E-state index contributed by atoms with van der Waals surface area (Å²) in [4.78, 5) is 6.08.